The first kappa shape index (κ1) is 10.9. The van der Waals surface area contributed by atoms with Gasteiger partial charge in [-0.15, -0.1) is 0 Å². The monoisotopic (exact) mass is 226 g/mol. The van der Waals surface area contributed by atoms with E-state index in [1.165, 1.54) is 11.1 Å². The maximum atomic E-state index is 12.0. The first-order valence-corrected chi connectivity index (χ1v) is 5.00. The molecule has 5 heteroatoms. The third-order valence-corrected chi connectivity index (χ3v) is 2.42. The van der Waals surface area contributed by atoms with Gasteiger partial charge in [-0.2, -0.15) is 10.4 Å². The highest BCUT2D eigenvalue weighted by atomic mass is 16.2. The summed E-state index contributed by atoms with van der Waals surface area (Å²) >= 11 is 0. The molecule has 0 aliphatic carbocycles. The second-order valence-electron chi connectivity index (χ2n) is 3.49. The minimum Gasteiger partial charge on any atom is -0.310 e. The van der Waals surface area contributed by atoms with E-state index in [1.807, 2.05) is 6.07 Å². The Morgan fingerprint density at radius 2 is 2.06 bits per heavy atom. The Kier molecular flexibility index (Phi) is 2.88. The molecule has 2 rings (SSSR count). The van der Waals surface area contributed by atoms with Gasteiger partial charge in [0.05, 0.1) is 11.6 Å². The van der Waals surface area contributed by atoms with Gasteiger partial charge in [-0.3, -0.25) is 9.89 Å². The first-order chi connectivity index (χ1) is 8.22. The molecule has 1 heterocycles. The van der Waals surface area contributed by atoms with Crippen LogP contribution in [0, 0.1) is 11.3 Å². The van der Waals surface area contributed by atoms with Crippen LogP contribution in [-0.2, 0) is 0 Å². The summed E-state index contributed by atoms with van der Waals surface area (Å²) in [4.78, 5) is 13.4. The molecular weight excluding hydrogens is 216 g/mol. The summed E-state index contributed by atoms with van der Waals surface area (Å²) in [6.45, 7) is 0. The first-order valence-electron chi connectivity index (χ1n) is 5.00. The molecule has 0 fully saturated rings. The number of aromatic amines is 1. The molecule has 5 nitrogen and oxygen atoms in total. The summed E-state index contributed by atoms with van der Waals surface area (Å²) < 4.78 is 0. The number of carbonyl (C=O) groups is 1. The highest BCUT2D eigenvalue weighted by molar-refractivity contribution is 6.04. The second-order valence-corrected chi connectivity index (χ2v) is 3.49. The number of carbonyl (C=O) groups excluding carboxylic acids is 1. The number of anilines is 1. The van der Waals surface area contributed by atoms with Gasteiger partial charge in [-0.05, 0) is 30.3 Å². The Morgan fingerprint density at radius 3 is 2.59 bits per heavy atom. The highest BCUT2D eigenvalue weighted by Gasteiger charge is 2.14. The quantitative estimate of drug-likeness (QED) is 0.844. The number of hydrogen-bond acceptors (Lipinski definition) is 3. The Bertz CT molecular complexity index is 551. The van der Waals surface area contributed by atoms with Gasteiger partial charge < -0.3 is 4.90 Å². The zero-order chi connectivity index (χ0) is 12.3. The number of aromatic nitrogens is 2. The molecule has 0 radical (unpaired) electrons. The van der Waals surface area contributed by atoms with Crippen LogP contribution in [0.2, 0.25) is 0 Å². The van der Waals surface area contributed by atoms with Crippen molar-refractivity contribution in [3.63, 3.8) is 0 Å². The molecule has 0 spiro atoms. The number of benzene rings is 1. The van der Waals surface area contributed by atoms with Gasteiger partial charge in [0.1, 0.15) is 5.69 Å². The number of nitrogens with one attached hydrogen (secondary N) is 1. The fourth-order valence-electron chi connectivity index (χ4n) is 1.43. The lowest BCUT2D eigenvalue weighted by Crippen LogP contribution is -2.26. The van der Waals surface area contributed by atoms with Crippen molar-refractivity contribution in [2.24, 2.45) is 0 Å². The van der Waals surface area contributed by atoms with Gasteiger partial charge >= 0.3 is 0 Å². The maximum Gasteiger partial charge on any atom is 0.276 e. The Morgan fingerprint density at radius 1 is 1.35 bits per heavy atom. The zero-order valence-corrected chi connectivity index (χ0v) is 9.21. The fraction of sp³-hybridized carbons (Fsp3) is 0.0833. The van der Waals surface area contributed by atoms with Gasteiger partial charge in [-0.25, -0.2) is 0 Å². The molecule has 0 saturated carbocycles. The molecule has 2 aromatic rings. The van der Waals surface area contributed by atoms with Crippen LogP contribution in [0.5, 0.6) is 0 Å². The molecule has 0 aliphatic heterocycles. The van der Waals surface area contributed by atoms with Crippen molar-refractivity contribution < 1.29 is 4.79 Å². The summed E-state index contributed by atoms with van der Waals surface area (Å²) in [5.74, 6) is -0.174. The average molecular weight is 226 g/mol. The van der Waals surface area contributed by atoms with E-state index in [2.05, 4.69) is 10.2 Å². The molecule has 0 atom stereocenters. The predicted octanol–water partition coefficient (Wildman–Crippen LogP) is 1.56. The topological polar surface area (TPSA) is 72.8 Å². The van der Waals surface area contributed by atoms with E-state index in [-0.39, 0.29) is 5.91 Å². The number of amides is 1. The highest BCUT2D eigenvalue weighted by Crippen LogP contribution is 2.15. The molecule has 0 saturated heterocycles. The minimum atomic E-state index is -0.174. The van der Waals surface area contributed by atoms with Crippen LogP contribution in [0.25, 0.3) is 0 Å². The lowest BCUT2D eigenvalue weighted by atomic mass is 10.2. The summed E-state index contributed by atoms with van der Waals surface area (Å²) in [6, 6.07) is 10.4. The zero-order valence-electron chi connectivity index (χ0n) is 9.21. The van der Waals surface area contributed by atoms with E-state index in [9.17, 15) is 4.79 Å². The summed E-state index contributed by atoms with van der Waals surface area (Å²) in [7, 11) is 1.67. The van der Waals surface area contributed by atoms with Crippen molar-refractivity contribution >= 4 is 11.6 Å². The minimum absolute atomic E-state index is 0.174. The molecule has 0 aliphatic rings. The van der Waals surface area contributed by atoms with Gasteiger partial charge in [-0.1, -0.05) is 0 Å². The Labute approximate surface area is 98.3 Å². The van der Waals surface area contributed by atoms with Crippen LogP contribution in [0.1, 0.15) is 16.1 Å². The van der Waals surface area contributed by atoms with E-state index >= 15 is 0 Å². The SMILES string of the molecule is CN(C(=O)c1ccn[nH]1)c1ccc(C#N)cc1. The van der Waals surface area contributed by atoms with Crippen LogP contribution in [-0.4, -0.2) is 23.2 Å². The van der Waals surface area contributed by atoms with Crippen LogP contribution < -0.4 is 4.90 Å². The van der Waals surface area contributed by atoms with Crippen LogP contribution in [0.3, 0.4) is 0 Å². The lowest BCUT2D eigenvalue weighted by Gasteiger charge is -2.16. The van der Waals surface area contributed by atoms with Crippen LogP contribution >= 0.6 is 0 Å². The normalized spacial score (nSPS) is 9.65. The molecule has 1 amide bonds. The van der Waals surface area contributed by atoms with Crippen molar-refractivity contribution in [1.29, 1.82) is 5.26 Å². The van der Waals surface area contributed by atoms with Crippen LogP contribution in [0.15, 0.2) is 36.5 Å². The molecular formula is C12H10N4O. The Hall–Kier alpha value is -2.61. The van der Waals surface area contributed by atoms with Crippen molar-refractivity contribution in [3.05, 3.63) is 47.8 Å². The summed E-state index contributed by atoms with van der Waals surface area (Å²) in [5, 5.41) is 15.0. The Balaban J connectivity index is 2.22. The maximum absolute atomic E-state index is 12.0. The standard InChI is InChI=1S/C12H10N4O/c1-16(12(17)11-6-7-14-15-11)10-4-2-9(8-13)3-5-10/h2-7H,1H3,(H,14,15). The molecule has 1 N–H and O–H groups in total. The summed E-state index contributed by atoms with van der Waals surface area (Å²) in [5.41, 5.74) is 1.72. The fourth-order valence-corrected chi connectivity index (χ4v) is 1.43. The largest absolute Gasteiger partial charge is 0.310 e. The number of nitriles is 1. The van der Waals surface area contributed by atoms with Crippen molar-refractivity contribution in [1.82, 2.24) is 10.2 Å². The molecule has 17 heavy (non-hydrogen) atoms. The third kappa shape index (κ3) is 2.16. The van der Waals surface area contributed by atoms with Gasteiger partial charge in [0.15, 0.2) is 0 Å². The van der Waals surface area contributed by atoms with Crippen molar-refractivity contribution in [2.75, 3.05) is 11.9 Å². The molecule has 84 valence electrons. The van der Waals surface area contributed by atoms with E-state index in [0.717, 1.165) is 5.69 Å². The number of hydrogen-bond donors (Lipinski definition) is 1. The molecule has 1 aromatic carbocycles. The van der Waals surface area contributed by atoms with Gasteiger partial charge in [0.25, 0.3) is 5.91 Å². The third-order valence-electron chi connectivity index (χ3n) is 2.42. The van der Waals surface area contributed by atoms with Crippen molar-refractivity contribution in [3.8, 4) is 6.07 Å². The molecule has 0 unspecified atom stereocenters. The number of rotatable bonds is 2. The van der Waals surface area contributed by atoms with E-state index < -0.39 is 0 Å². The predicted molar refractivity (Wildman–Crippen MR) is 62.5 cm³/mol. The molecule has 1 aromatic heterocycles. The van der Waals surface area contributed by atoms with E-state index in [0.29, 0.717) is 11.3 Å². The lowest BCUT2D eigenvalue weighted by molar-refractivity contribution is 0.0988. The molecule has 0 bridgehead atoms. The van der Waals surface area contributed by atoms with E-state index in [1.54, 1.807) is 37.4 Å². The second kappa shape index (κ2) is 4.49. The van der Waals surface area contributed by atoms with Crippen molar-refractivity contribution in [2.45, 2.75) is 0 Å². The smallest absolute Gasteiger partial charge is 0.276 e. The number of H-pyrrole nitrogens is 1. The van der Waals surface area contributed by atoms with Gasteiger partial charge in [0.2, 0.25) is 0 Å². The average Bonchev–Trinajstić information content (AvgIpc) is 2.91. The summed E-state index contributed by atoms with van der Waals surface area (Å²) in [6.07, 6.45) is 1.53. The number of nitrogens with zero attached hydrogens (tertiary/aromatic N) is 3. The van der Waals surface area contributed by atoms with Crippen LogP contribution in [0.4, 0.5) is 5.69 Å². The van der Waals surface area contributed by atoms with E-state index in [4.69, 9.17) is 5.26 Å². The van der Waals surface area contributed by atoms with Gasteiger partial charge in [0, 0.05) is 18.9 Å².